The summed E-state index contributed by atoms with van der Waals surface area (Å²) < 4.78 is 5.20. The minimum absolute atomic E-state index is 0.176. The van der Waals surface area contributed by atoms with Crippen molar-refractivity contribution in [1.29, 1.82) is 0 Å². The molecular formula is C12H15NO3. The second-order valence-corrected chi connectivity index (χ2v) is 3.89. The molecule has 0 aromatic carbocycles. The smallest absolute Gasteiger partial charge is 0.305 e. The minimum Gasteiger partial charge on any atom is -0.481 e. The largest absolute Gasteiger partial charge is 0.481 e. The second kappa shape index (κ2) is 4.88. The van der Waals surface area contributed by atoms with Gasteiger partial charge >= 0.3 is 5.97 Å². The van der Waals surface area contributed by atoms with Gasteiger partial charge in [-0.05, 0) is 25.0 Å². The molecule has 2 rings (SSSR count). The van der Waals surface area contributed by atoms with E-state index in [9.17, 15) is 4.79 Å². The van der Waals surface area contributed by atoms with Crippen molar-refractivity contribution in [2.75, 3.05) is 13.1 Å². The molecule has 1 N–H and O–H groups in total. The summed E-state index contributed by atoms with van der Waals surface area (Å²) in [6.07, 6.45) is 9.44. The van der Waals surface area contributed by atoms with Crippen molar-refractivity contribution in [3.05, 3.63) is 35.9 Å². The predicted octanol–water partition coefficient (Wildman–Crippen LogP) is 1.87. The van der Waals surface area contributed by atoms with Crippen LogP contribution in [0.1, 0.15) is 19.3 Å². The molecule has 2 aliphatic heterocycles. The molecule has 0 bridgehead atoms. The summed E-state index contributed by atoms with van der Waals surface area (Å²) in [6.45, 7) is 1.48. The third kappa shape index (κ3) is 2.45. The average Bonchev–Trinajstić information content (AvgIpc) is 2.51. The zero-order chi connectivity index (χ0) is 11.4. The third-order valence-electron chi connectivity index (χ3n) is 2.76. The lowest BCUT2D eigenvalue weighted by Gasteiger charge is -2.32. The van der Waals surface area contributed by atoms with Crippen molar-refractivity contribution < 1.29 is 14.6 Å². The zero-order valence-electron chi connectivity index (χ0n) is 9.06. The Kier molecular flexibility index (Phi) is 3.29. The van der Waals surface area contributed by atoms with Crippen LogP contribution in [0.2, 0.25) is 0 Å². The second-order valence-electron chi connectivity index (χ2n) is 3.89. The molecule has 0 aromatic heterocycles. The molecule has 0 aromatic rings. The molecule has 2 aliphatic rings. The summed E-state index contributed by atoms with van der Waals surface area (Å²) in [5.41, 5.74) is 2.25. The number of carboxylic acids is 1. The zero-order valence-corrected chi connectivity index (χ0v) is 9.06. The lowest BCUT2D eigenvalue weighted by atomic mass is 10.0. The quantitative estimate of drug-likeness (QED) is 0.790. The highest BCUT2D eigenvalue weighted by Crippen LogP contribution is 2.27. The van der Waals surface area contributed by atoms with Crippen LogP contribution in [0.5, 0.6) is 0 Å². The van der Waals surface area contributed by atoms with Crippen molar-refractivity contribution in [3.8, 4) is 0 Å². The first kappa shape index (κ1) is 10.8. The van der Waals surface area contributed by atoms with Crippen molar-refractivity contribution in [2.24, 2.45) is 0 Å². The lowest BCUT2D eigenvalue weighted by molar-refractivity contribution is -0.137. The highest BCUT2D eigenvalue weighted by molar-refractivity contribution is 5.67. The molecule has 16 heavy (non-hydrogen) atoms. The van der Waals surface area contributed by atoms with Gasteiger partial charge in [-0.15, -0.1) is 0 Å². The lowest BCUT2D eigenvalue weighted by Crippen LogP contribution is -2.31. The minimum atomic E-state index is -0.753. The van der Waals surface area contributed by atoms with E-state index >= 15 is 0 Å². The van der Waals surface area contributed by atoms with Gasteiger partial charge in [-0.2, -0.15) is 0 Å². The van der Waals surface area contributed by atoms with E-state index in [0.717, 1.165) is 30.7 Å². The maximum atomic E-state index is 10.6. The molecule has 86 valence electrons. The molecule has 0 unspecified atom stereocenters. The van der Waals surface area contributed by atoms with Gasteiger partial charge in [-0.1, -0.05) is 0 Å². The van der Waals surface area contributed by atoms with E-state index in [-0.39, 0.29) is 6.42 Å². The molecule has 0 amide bonds. The van der Waals surface area contributed by atoms with E-state index < -0.39 is 5.97 Å². The highest BCUT2D eigenvalue weighted by Gasteiger charge is 2.20. The number of allylic oxidation sites excluding steroid dienone is 3. The molecule has 0 spiro atoms. The Labute approximate surface area is 94.5 Å². The van der Waals surface area contributed by atoms with E-state index in [1.54, 1.807) is 12.5 Å². The van der Waals surface area contributed by atoms with E-state index in [0.29, 0.717) is 6.54 Å². The summed E-state index contributed by atoms with van der Waals surface area (Å²) in [5, 5.41) is 8.70. The Morgan fingerprint density at radius 3 is 3.25 bits per heavy atom. The maximum absolute atomic E-state index is 10.6. The molecule has 0 saturated carbocycles. The number of likely N-dealkylation sites (tertiary alicyclic amines) is 1. The summed E-state index contributed by atoms with van der Waals surface area (Å²) in [6, 6.07) is 0. The summed E-state index contributed by atoms with van der Waals surface area (Å²) in [4.78, 5) is 12.7. The first-order chi connectivity index (χ1) is 7.77. The fourth-order valence-corrected chi connectivity index (χ4v) is 2.00. The third-order valence-corrected chi connectivity index (χ3v) is 2.76. The van der Waals surface area contributed by atoms with Gasteiger partial charge in [0.25, 0.3) is 0 Å². The van der Waals surface area contributed by atoms with Gasteiger partial charge in [-0.25, -0.2) is 0 Å². The Bertz CT molecular complexity index is 368. The van der Waals surface area contributed by atoms with Crippen LogP contribution in [0.25, 0.3) is 0 Å². The Balaban J connectivity index is 2.09. The Morgan fingerprint density at radius 2 is 2.44 bits per heavy atom. The van der Waals surface area contributed by atoms with Crippen LogP contribution < -0.4 is 0 Å². The molecule has 4 nitrogen and oxygen atoms in total. The van der Waals surface area contributed by atoms with E-state index in [1.807, 2.05) is 12.2 Å². The number of ether oxygens (including phenoxy) is 1. The number of carbonyl (C=O) groups is 1. The van der Waals surface area contributed by atoms with Crippen LogP contribution in [0, 0.1) is 0 Å². The molecule has 0 aliphatic carbocycles. The first-order valence-electron chi connectivity index (χ1n) is 5.46. The molecule has 1 saturated heterocycles. The molecule has 2 heterocycles. The van der Waals surface area contributed by atoms with Crippen LogP contribution in [0.15, 0.2) is 35.9 Å². The van der Waals surface area contributed by atoms with Gasteiger partial charge in [0.15, 0.2) is 0 Å². The fraction of sp³-hybridized carbons (Fsp3) is 0.417. The van der Waals surface area contributed by atoms with E-state index in [4.69, 9.17) is 9.84 Å². The Hall–Kier alpha value is -1.71. The summed E-state index contributed by atoms with van der Waals surface area (Å²) in [7, 11) is 0. The van der Waals surface area contributed by atoms with Gasteiger partial charge in [0.1, 0.15) is 0 Å². The van der Waals surface area contributed by atoms with Crippen molar-refractivity contribution in [3.63, 3.8) is 0 Å². The fourth-order valence-electron chi connectivity index (χ4n) is 2.00. The van der Waals surface area contributed by atoms with Gasteiger partial charge in [0.05, 0.1) is 18.9 Å². The van der Waals surface area contributed by atoms with Gasteiger partial charge in [0.2, 0.25) is 0 Å². The topological polar surface area (TPSA) is 49.8 Å². The summed E-state index contributed by atoms with van der Waals surface area (Å²) in [5.74, 6) is -0.753. The van der Waals surface area contributed by atoms with Crippen LogP contribution in [0.4, 0.5) is 0 Å². The predicted molar refractivity (Wildman–Crippen MR) is 59.5 cm³/mol. The number of carboxylic acid groups (broad SMARTS) is 1. The van der Waals surface area contributed by atoms with Crippen LogP contribution >= 0.6 is 0 Å². The first-order valence-corrected chi connectivity index (χ1v) is 5.46. The number of piperidine rings is 1. The Morgan fingerprint density at radius 1 is 1.56 bits per heavy atom. The van der Waals surface area contributed by atoms with Gasteiger partial charge < -0.3 is 14.7 Å². The van der Waals surface area contributed by atoms with Crippen molar-refractivity contribution in [2.45, 2.75) is 19.3 Å². The van der Waals surface area contributed by atoms with Gasteiger partial charge in [0, 0.05) is 24.4 Å². The summed E-state index contributed by atoms with van der Waals surface area (Å²) >= 11 is 0. The number of rotatable bonds is 3. The number of fused-ring (bicyclic) bond motifs is 1. The van der Waals surface area contributed by atoms with Crippen molar-refractivity contribution in [1.82, 2.24) is 4.90 Å². The van der Waals surface area contributed by atoms with Crippen LogP contribution in [0.3, 0.4) is 0 Å². The SMILES string of the molecule is O=C(O)CCN1CCCC2=COC=CC=C21. The number of hydrogen-bond donors (Lipinski definition) is 1. The maximum Gasteiger partial charge on any atom is 0.305 e. The van der Waals surface area contributed by atoms with Crippen molar-refractivity contribution >= 4 is 5.97 Å². The molecule has 4 heteroatoms. The van der Waals surface area contributed by atoms with E-state index in [2.05, 4.69) is 4.90 Å². The molecule has 0 atom stereocenters. The molecule has 1 fully saturated rings. The van der Waals surface area contributed by atoms with Crippen LogP contribution in [-0.4, -0.2) is 29.1 Å². The standard InChI is InChI=1S/C12H15NO3/c14-12(15)5-7-13-6-1-3-10-9-16-8-2-4-11(10)13/h2,4,8-9H,1,3,5-7H2,(H,14,15). The van der Waals surface area contributed by atoms with Crippen LogP contribution in [-0.2, 0) is 9.53 Å². The normalized spacial score (nSPS) is 19.1. The number of nitrogens with zero attached hydrogens (tertiary/aromatic N) is 1. The monoisotopic (exact) mass is 221 g/mol. The average molecular weight is 221 g/mol. The molecule has 0 radical (unpaired) electrons. The number of hydrogen-bond acceptors (Lipinski definition) is 3. The number of aliphatic carboxylic acids is 1. The molecular weight excluding hydrogens is 206 g/mol. The highest BCUT2D eigenvalue weighted by atomic mass is 16.5. The van der Waals surface area contributed by atoms with E-state index in [1.165, 1.54) is 0 Å². The van der Waals surface area contributed by atoms with Gasteiger partial charge in [-0.3, -0.25) is 4.79 Å².